The van der Waals surface area contributed by atoms with Gasteiger partial charge >= 0.3 is 0 Å². The molecule has 0 spiro atoms. The number of likely N-dealkylation sites (tertiary alicyclic amines) is 1. The summed E-state index contributed by atoms with van der Waals surface area (Å²) in [5, 5.41) is 11.8. The van der Waals surface area contributed by atoms with Gasteiger partial charge in [-0.15, -0.1) is 0 Å². The first-order valence-corrected chi connectivity index (χ1v) is 9.32. The van der Waals surface area contributed by atoms with Crippen molar-refractivity contribution >= 4 is 28.4 Å². The maximum atomic E-state index is 13.2. The van der Waals surface area contributed by atoms with Crippen molar-refractivity contribution in [3.8, 4) is 0 Å². The average molecular weight is 382 g/mol. The molecular formula is C21H20ClN3O2. The number of nitrogens with zero attached hydrogens (tertiary/aromatic N) is 3. The molecule has 1 aliphatic rings. The summed E-state index contributed by atoms with van der Waals surface area (Å²) in [6.07, 6.45) is 3.67. The number of carbonyl (C=O) groups excluding carboxylic acids is 1. The third-order valence-corrected chi connectivity index (χ3v) is 5.31. The SMILES string of the molecule is Cc1cc(C(=O)N2C[C@@H](Cc3ccncc3)[C@@H](O)C2)c2cc(Cl)ccc2n1. The smallest absolute Gasteiger partial charge is 0.254 e. The quantitative estimate of drug-likeness (QED) is 0.756. The van der Waals surface area contributed by atoms with Crippen LogP contribution in [0.3, 0.4) is 0 Å². The van der Waals surface area contributed by atoms with E-state index in [9.17, 15) is 9.90 Å². The van der Waals surface area contributed by atoms with E-state index in [4.69, 9.17) is 11.6 Å². The number of fused-ring (bicyclic) bond motifs is 1. The van der Waals surface area contributed by atoms with Crippen LogP contribution in [0.25, 0.3) is 10.9 Å². The van der Waals surface area contributed by atoms with Gasteiger partial charge in [-0.3, -0.25) is 14.8 Å². The van der Waals surface area contributed by atoms with Crippen LogP contribution in [0.15, 0.2) is 48.8 Å². The molecule has 1 fully saturated rings. The van der Waals surface area contributed by atoms with Gasteiger partial charge in [-0.05, 0) is 55.3 Å². The van der Waals surface area contributed by atoms with E-state index in [1.54, 1.807) is 35.5 Å². The summed E-state index contributed by atoms with van der Waals surface area (Å²) < 4.78 is 0. The van der Waals surface area contributed by atoms with Crippen LogP contribution in [0.5, 0.6) is 0 Å². The van der Waals surface area contributed by atoms with Gasteiger partial charge in [0.2, 0.25) is 0 Å². The lowest BCUT2D eigenvalue weighted by Crippen LogP contribution is -2.30. The third-order valence-electron chi connectivity index (χ3n) is 5.07. The molecule has 2 aromatic heterocycles. The number of aliphatic hydroxyl groups is 1. The largest absolute Gasteiger partial charge is 0.391 e. The van der Waals surface area contributed by atoms with E-state index in [1.807, 2.05) is 25.1 Å². The molecule has 1 N–H and O–H groups in total. The fourth-order valence-electron chi connectivity index (χ4n) is 3.72. The molecule has 1 amide bonds. The lowest BCUT2D eigenvalue weighted by atomic mass is 9.97. The monoisotopic (exact) mass is 381 g/mol. The Hall–Kier alpha value is -2.50. The predicted octanol–water partition coefficient (Wildman–Crippen LogP) is 3.27. The number of hydrogen-bond acceptors (Lipinski definition) is 4. The van der Waals surface area contributed by atoms with E-state index < -0.39 is 6.10 Å². The first-order valence-electron chi connectivity index (χ1n) is 8.94. The number of amides is 1. The molecule has 6 heteroatoms. The molecule has 0 bridgehead atoms. The van der Waals surface area contributed by atoms with Crippen molar-refractivity contribution in [1.29, 1.82) is 0 Å². The highest BCUT2D eigenvalue weighted by atomic mass is 35.5. The number of aliphatic hydroxyl groups excluding tert-OH is 1. The Morgan fingerprint density at radius 3 is 2.78 bits per heavy atom. The Morgan fingerprint density at radius 1 is 1.22 bits per heavy atom. The summed E-state index contributed by atoms with van der Waals surface area (Å²) >= 11 is 6.13. The van der Waals surface area contributed by atoms with E-state index >= 15 is 0 Å². The van der Waals surface area contributed by atoms with Crippen molar-refractivity contribution in [2.45, 2.75) is 19.4 Å². The fraction of sp³-hybridized carbons (Fsp3) is 0.286. The van der Waals surface area contributed by atoms with Gasteiger partial charge in [0.1, 0.15) is 0 Å². The second-order valence-corrected chi connectivity index (χ2v) is 7.51. The zero-order valence-electron chi connectivity index (χ0n) is 15.0. The van der Waals surface area contributed by atoms with E-state index in [1.165, 1.54) is 0 Å². The Morgan fingerprint density at radius 2 is 2.00 bits per heavy atom. The number of hydrogen-bond donors (Lipinski definition) is 1. The summed E-state index contributed by atoms with van der Waals surface area (Å²) in [6.45, 7) is 2.72. The minimum absolute atomic E-state index is 0.00846. The zero-order chi connectivity index (χ0) is 19.0. The van der Waals surface area contributed by atoms with Gasteiger partial charge in [0.25, 0.3) is 5.91 Å². The van der Waals surface area contributed by atoms with E-state index in [-0.39, 0.29) is 11.8 Å². The maximum Gasteiger partial charge on any atom is 0.254 e. The highest BCUT2D eigenvalue weighted by molar-refractivity contribution is 6.31. The summed E-state index contributed by atoms with van der Waals surface area (Å²) in [5.74, 6) is -0.0850. The second-order valence-electron chi connectivity index (χ2n) is 7.07. The molecule has 3 heterocycles. The Labute approximate surface area is 162 Å². The van der Waals surface area contributed by atoms with Gasteiger partial charge in [0, 0.05) is 47.5 Å². The first kappa shape index (κ1) is 17.9. The summed E-state index contributed by atoms with van der Waals surface area (Å²) in [5.41, 5.74) is 3.22. The highest BCUT2D eigenvalue weighted by Gasteiger charge is 2.35. The number of halogens is 1. The van der Waals surface area contributed by atoms with E-state index in [0.29, 0.717) is 23.7 Å². The topological polar surface area (TPSA) is 66.3 Å². The number of rotatable bonds is 3. The Kier molecular flexibility index (Phi) is 4.81. The molecule has 0 aliphatic carbocycles. The standard InChI is InChI=1S/C21H20ClN3O2/c1-13-8-18(17-10-16(22)2-3-19(17)24-13)21(27)25-11-15(20(26)12-25)9-14-4-6-23-7-5-14/h2-8,10,15,20,26H,9,11-12H2,1H3/t15-,20+/m1/s1. The molecule has 0 radical (unpaired) electrons. The summed E-state index contributed by atoms with van der Waals surface area (Å²) in [4.78, 5) is 23.4. The average Bonchev–Trinajstić information content (AvgIpc) is 3.02. The minimum Gasteiger partial charge on any atom is -0.391 e. The lowest BCUT2D eigenvalue weighted by Gasteiger charge is -2.18. The van der Waals surface area contributed by atoms with Crippen LogP contribution in [0, 0.1) is 12.8 Å². The molecule has 1 saturated heterocycles. The molecule has 138 valence electrons. The summed E-state index contributed by atoms with van der Waals surface area (Å²) in [7, 11) is 0. The van der Waals surface area contributed by atoms with Crippen LogP contribution in [-0.2, 0) is 6.42 Å². The van der Waals surface area contributed by atoms with Gasteiger partial charge in [0.15, 0.2) is 0 Å². The molecule has 0 saturated carbocycles. The van der Waals surface area contributed by atoms with Crippen molar-refractivity contribution in [1.82, 2.24) is 14.9 Å². The van der Waals surface area contributed by atoms with Crippen LogP contribution in [0.4, 0.5) is 0 Å². The molecule has 5 nitrogen and oxygen atoms in total. The lowest BCUT2D eigenvalue weighted by molar-refractivity contribution is 0.0766. The highest BCUT2D eigenvalue weighted by Crippen LogP contribution is 2.27. The third kappa shape index (κ3) is 3.66. The number of pyridine rings is 2. The van der Waals surface area contributed by atoms with Gasteiger partial charge in [-0.2, -0.15) is 0 Å². The van der Waals surface area contributed by atoms with Gasteiger partial charge in [-0.25, -0.2) is 0 Å². The number of carbonyl (C=O) groups is 1. The van der Waals surface area contributed by atoms with Crippen LogP contribution in [-0.4, -0.2) is 45.1 Å². The van der Waals surface area contributed by atoms with Crippen LogP contribution in [0.2, 0.25) is 5.02 Å². The fourth-order valence-corrected chi connectivity index (χ4v) is 3.89. The molecular weight excluding hydrogens is 362 g/mol. The predicted molar refractivity (Wildman–Crippen MR) is 105 cm³/mol. The maximum absolute atomic E-state index is 13.2. The van der Waals surface area contributed by atoms with Gasteiger partial charge in [-0.1, -0.05) is 11.6 Å². The molecule has 2 atom stereocenters. The Bertz CT molecular complexity index is 993. The molecule has 1 aromatic carbocycles. The molecule has 27 heavy (non-hydrogen) atoms. The Balaban J connectivity index is 1.60. The van der Waals surface area contributed by atoms with Crippen molar-refractivity contribution in [3.63, 3.8) is 0 Å². The molecule has 3 aromatic rings. The minimum atomic E-state index is -0.542. The van der Waals surface area contributed by atoms with Gasteiger partial charge in [0.05, 0.1) is 17.2 Å². The van der Waals surface area contributed by atoms with Crippen molar-refractivity contribution in [2.75, 3.05) is 13.1 Å². The molecule has 1 aliphatic heterocycles. The normalized spacial score (nSPS) is 19.6. The van der Waals surface area contributed by atoms with Crippen LogP contribution in [0.1, 0.15) is 21.6 Å². The van der Waals surface area contributed by atoms with E-state index in [2.05, 4.69) is 9.97 Å². The number of benzene rings is 1. The van der Waals surface area contributed by atoms with E-state index in [0.717, 1.165) is 28.6 Å². The van der Waals surface area contributed by atoms with Gasteiger partial charge < -0.3 is 10.0 Å². The number of aromatic nitrogens is 2. The second kappa shape index (κ2) is 7.25. The van der Waals surface area contributed by atoms with Crippen molar-refractivity contribution in [2.24, 2.45) is 5.92 Å². The zero-order valence-corrected chi connectivity index (χ0v) is 15.7. The van der Waals surface area contributed by atoms with Crippen molar-refractivity contribution < 1.29 is 9.90 Å². The molecule has 0 unspecified atom stereocenters. The van der Waals surface area contributed by atoms with Crippen LogP contribution < -0.4 is 0 Å². The first-order chi connectivity index (χ1) is 13.0. The van der Waals surface area contributed by atoms with Crippen molar-refractivity contribution in [3.05, 3.63) is 70.6 Å². The van der Waals surface area contributed by atoms with Crippen LogP contribution >= 0.6 is 11.6 Å². The number of β-amino-alcohol motifs (C(OH)–C–C–N with tert-alkyl or cyclic N) is 1. The summed E-state index contributed by atoms with van der Waals surface area (Å²) in [6, 6.07) is 11.1. The molecule has 4 rings (SSSR count). The number of aryl methyl sites for hydroxylation is 1.